The zero-order valence-electron chi connectivity index (χ0n) is 8.00. The van der Waals surface area contributed by atoms with Gasteiger partial charge in [0.2, 0.25) is 0 Å². The number of ether oxygens (including phenoxy) is 1. The Hall–Kier alpha value is -1.52. The number of carbonyl (C=O) groups is 1. The zero-order valence-corrected chi connectivity index (χ0v) is 8.00. The Balaban J connectivity index is 2.90. The minimum atomic E-state index is -0.312. The predicted molar refractivity (Wildman–Crippen MR) is 48.1 cm³/mol. The summed E-state index contributed by atoms with van der Waals surface area (Å²) in [5.41, 5.74) is 6.41. The van der Waals surface area contributed by atoms with Crippen molar-refractivity contribution in [2.75, 3.05) is 12.8 Å². The first-order valence-electron chi connectivity index (χ1n) is 3.90. The third-order valence-corrected chi connectivity index (χ3v) is 1.95. The fourth-order valence-corrected chi connectivity index (χ4v) is 1.07. The standard InChI is InChI=1S/C8H13N3O2/c1-5-8(9)11(2)6(10-5)4-7(12)13-3/h4,9H2,1-3H3. The van der Waals surface area contributed by atoms with Gasteiger partial charge in [-0.05, 0) is 6.92 Å². The molecule has 1 rings (SSSR count). The Morgan fingerprint density at radius 3 is 2.69 bits per heavy atom. The van der Waals surface area contributed by atoms with E-state index in [0.29, 0.717) is 11.6 Å². The first-order valence-corrected chi connectivity index (χ1v) is 3.90. The van der Waals surface area contributed by atoms with Crippen molar-refractivity contribution < 1.29 is 9.53 Å². The Kier molecular flexibility index (Phi) is 2.55. The zero-order chi connectivity index (χ0) is 10.0. The number of esters is 1. The van der Waals surface area contributed by atoms with E-state index in [9.17, 15) is 4.79 Å². The van der Waals surface area contributed by atoms with Gasteiger partial charge in [-0.15, -0.1) is 0 Å². The van der Waals surface area contributed by atoms with Crippen LogP contribution in [-0.2, 0) is 23.0 Å². The van der Waals surface area contributed by atoms with E-state index in [-0.39, 0.29) is 12.4 Å². The second kappa shape index (κ2) is 3.47. The molecule has 0 bridgehead atoms. The Morgan fingerprint density at radius 1 is 1.69 bits per heavy atom. The molecule has 0 amide bonds. The fraction of sp³-hybridized carbons (Fsp3) is 0.500. The SMILES string of the molecule is COC(=O)Cc1nc(C)c(N)n1C. The van der Waals surface area contributed by atoms with Crippen molar-refractivity contribution in [1.82, 2.24) is 9.55 Å². The molecule has 0 aromatic carbocycles. The van der Waals surface area contributed by atoms with Crippen LogP contribution in [0, 0.1) is 6.92 Å². The van der Waals surface area contributed by atoms with Crippen LogP contribution in [0.4, 0.5) is 5.82 Å². The van der Waals surface area contributed by atoms with Gasteiger partial charge in [0, 0.05) is 7.05 Å². The first kappa shape index (κ1) is 9.57. The lowest BCUT2D eigenvalue weighted by molar-refractivity contribution is -0.139. The maximum atomic E-state index is 10.9. The Bertz CT molecular complexity index is 330. The van der Waals surface area contributed by atoms with Crippen molar-refractivity contribution in [1.29, 1.82) is 0 Å². The molecular formula is C8H13N3O2. The van der Waals surface area contributed by atoms with E-state index in [2.05, 4.69) is 9.72 Å². The molecule has 2 N–H and O–H groups in total. The summed E-state index contributed by atoms with van der Waals surface area (Å²) >= 11 is 0. The molecule has 0 atom stereocenters. The van der Waals surface area contributed by atoms with Crippen molar-refractivity contribution in [2.45, 2.75) is 13.3 Å². The number of nitrogens with two attached hydrogens (primary N) is 1. The quantitative estimate of drug-likeness (QED) is 0.656. The number of aryl methyl sites for hydroxylation is 1. The van der Waals surface area contributed by atoms with Gasteiger partial charge < -0.3 is 15.0 Å². The molecule has 0 spiro atoms. The van der Waals surface area contributed by atoms with Crippen molar-refractivity contribution in [3.8, 4) is 0 Å². The number of nitrogen functional groups attached to an aromatic ring is 1. The molecule has 0 aliphatic heterocycles. The van der Waals surface area contributed by atoms with Crippen molar-refractivity contribution in [2.24, 2.45) is 7.05 Å². The lowest BCUT2D eigenvalue weighted by Gasteiger charge is -2.00. The number of anilines is 1. The average molecular weight is 183 g/mol. The highest BCUT2D eigenvalue weighted by Gasteiger charge is 2.12. The number of hydrogen-bond acceptors (Lipinski definition) is 4. The lowest BCUT2D eigenvalue weighted by atomic mass is 10.4. The lowest BCUT2D eigenvalue weighted by Crippen LogP contribution is -2.10. The van der Waals surface area contributed by atoms with Gasteiger partial charge in [0.25, 0.3) is 0 Å². The number of carbonyl (C=O) groups excluding carboxylic acids is 1. The molecule has 0 saturated carbocycles. The van der Waals surface area contributed by atoms with Crippen LogP contribution in [0.15, 0.2) is 0 Å². The summed E-state index contributed by atoms with van der Waals surface area (Å²) in [5, 5.41) is 0. The molecule has 0 aliphatic rings. The summed E-state index contributed by atoms with van der Waals surface area (Å²) in [6.07, 6.45) is 0.158. The van der Waals surface area contributed by atoms with Gasteiger partial charge in [-0.2, -0.15) is 0 Å². The van der Waals surface area contributed by atoms with E-state index in [0.717, 1.165) is 5.69 Å². The van der Waals surface area contributed by atoms with Gasteiger partial charge in [-0.25, -0.2) is 4.98 Å². The van der Waals surface area contributed by atoms with Gasteiger partial charge in [-0.3, -0.25) is 4.79 Å². The minimum Gasteiger partial charge on any atom is -0.469 e. The van der Waals surface area contributed by atoms with Crippen molar-refractivity contribution in [3.63, 3.8) is 0 Å². The summed E-state index contributed by atoms with van der Waals surface area (Å²) in [7, 11) is 3.12. The molecule has 0 aliphatic carbocycles. The maximum Gasteiger partial charge on any atom is 0.313 e. The van der Waals surface area contributed by atoms with Crippen LogP contribution in [0.5, 0.6) is 0 Å². The van der Waals surface area contributed by atoms with Gasteiger partial charge in [0.05, 0.1) is 12.8 Å². The summed E-state index contributed by atoms with van der Waals surface area (Å²) in [6.45, 7) is 1.80. The number of aromatic nitrogens is 2. The topological polar surface area (TPSA) is 70.1 Å². The highest BCUT2D eigenvalue weighted by atomic mass is 16.5. The molecule has 72 valence electrons. The van der Waals surface area contributed by atoms with Gasteiger partial charge in [0.1, 0.15) is 18.1 Å². The van der Waals surface area contributed by atoms with Gasteiger partial charge >= 0.3 is 5.97 Å². The molecule has 5 nitrogen and oxygen atoms in total. The molecule has 0 saturated heterocycles. The number of hydrogen-bond donors (Lipinski definition) is 1. The minimum absolute atomic E-state index is 0.158. The molecule has 1 aromatic rings. The van der Waals surface area contributed by atoms with E-state index >= 15 is 0 Å². The van der Waals surface area contributed by atoms with Crippen LogP contribution in [0.25, 0.3) is 0 Å². The second-order valence-corrected chi connectivity index (χ2v) is 2.81. The van der Waals surface area contributed by atoms with Gasteiger partial charge in [-0.1, -0.05) is 0 Å². The van der Waals surface area contributed by atoms with Gasteiger partial charge in [0.15, 0.2) is 0 Å². The van der Waals surface area contributed by atoms with Crippen LogP contribution >= 0.6 is 0 Å². The summed E-state index contributed by atoms with van der Waals surface area (Å²) < 4.78 is 6.21. The van der Waals surface area contributed by atoms with Crippen LogP contribution in [-0.4, -0.2) is 22.6 Å². The number of imidazole rings is 1. The normalized spacial score (nSPS) is 10.1. The Morgan fingerprint density at radius 2 is 2.31 bits per heavy atom. The summed E-state index contributed by atoms with van der Waals surface area (Å²) in [5.74, 6) is 0.897. The molecule has 13 heavy (non-hydrogen) atoms. The van der Waals surface area contributed by atoms with E-state index in [4.69, 9.17) is 5.73 Å². The number of nitrogens with zero attached hydrogens (tertiary/aromatic N) is 2. The van der Waals surface area contributed by atoms with E-state index in [1.54, 1.807) is 18.5 Å². The highest BCUT2D eigenvalue weighted by molar-refractivity contribution is 5.71. The molecule has 0 fully saturated rings. The molecule has 0 unspecified atom stereocenters. The van der Waals surface area contributed by atoms with E-state index < -0.39 is 0 Å². The van der Waals surface area contributed by atoms with E-state index in [1.807, 2.05) is 0 Å². The van der Waals surface area contributed by atoms with Crippen molar-refractivity contribution >= 4 is 11.8 Å². The number of rotatable bonds is 2. The third-order valence-electron chi connectivity index (χ3n) is 1.95. The van der Waals surface area contributed by atoms with E-state index in [1.165, 1.54) is 7.11 Å². The van der Waals surface area contributed by atoms with Crippen LogP contribution < -0.4 is 5.73 Å². The fourth-order valence-electron chi connectivity index (χ4n) is 1.07. The summed E-state index contributed by atoms with van der Waals surface area (Å²) in [6, 6.07) is 0. The van der Waals surface area contributed by atoms with Crippen LogP contribution in [0.3, 0.4) is 0 Å². The van der Waals surface area contributed by atoms with Crippen LogP contribution in [0.1, 0.15) is 11.5 Å². The molecule has 0 radical (unpaired) electrons. The Labute approximate surface area is 76.5 Å². The maximum absolute atomic E-state index is 10.9. The molecule has 1 heterocycles. The van der Waals surface area contributed by atoms with Crippen LogP contribution in [0.2, 0.25) is 0 Å². The highest BCUT2D eigenvalue weighted by Crippen LogP contribution is 2.11. The first-order chi connectivity index (χ1) is 6.06. The monoisotopic (exact) mass is 183 g/mol. The van der Waals surface area contributed by atoms with Crippen molar-refractivity contribution in [3.05, 3.63) is 11.5 Å². The average Bonchev–Trinajstić information content (AvgIpc) is 2.34. The second-order valence-electron chi connectivity index (χ2n) is 2.81. The smallest absolute Gasteiger partial charge is 0.313 e. The predicted octanol–water partition coefficient (Wildman–Crippen LogP) is 0.0262. The molecule has 5 heteroatoms. The molecular weight excluding hydrogens is 170 g/mol. The molecule has 1 aromatic heterocycles. The largest absolute Gasteiger partial charge is 0.469 e. The summed E-state index contributed by atoms with van der Waals surface area (Å²) in [4.78, 5) is 15.1. The number of methoxy groups -OCH3 is 1. The third kappa shape index (κ3) is 1.80.